The van der Waals surface area contributed by atoms with E-state index in [2.05, 4.69) is 0 Å². The van der Waals surface area contributed by atoms with Gasteiger partial charge >= 0.3 is 6.09 Å². The van der Waals surface area contributed by atoms with E-state index in [0.29, 0.717) is 25.9 Å². The van der Waals surface area contributed by atoms with E-state index < -0.39 is 17.0 Å². The predicted octanol–water partition coefficient (Wildman–Crippen LogP) is 5.06. The molecule has 2 saturated heterocycles. The number of nitrogens with zero attached hydrogens (tertiary/aromatic N) is 3. The number of carbonyl (C=O) groups is 2. The van der Waals surface area contributed by atoms with Crippen molar-refractivity contribution in [1.29, 1.82) is 0 Å². The first-order valence-electron chi connectivity index (χ1n) is 10.7. The van der Waals surface area contributed by atoms with Gasteiger partial charge in [-0.2, -0.15) is 0 Å². The molecule has 2 fully saturated rings. The van der Waals surface area contributed by atoms with Gasteiger partial charge in [0.2, 0.25) is 0 Å². The molecule has 2 aromatic carbocycles. The smallest absolute Gasteiger partial charge is 0.410 e. The normalized spacial score (nSPS) is 18.4. The maximum atomic E-state index is 14.7. The van der Waals surface area contributed by atoms with Gasteiger partial charge in [0.05, 0.1) is 12.4 Å². The lowest BCUT2D eigenvalue weighted by atomic mass is 9.85. The fourth-order valence-corrected chi connectivity index (χ4v) is 4.56. The highest BCUT2D eigenvalue weighted by atomic mass is 35.5. The van der Waals surface area contributed by atoms with Gasteiger partial charge in [0.25, 0.3) is 5.91 Å². The Kier molecular flexibility index (Phi) is 5.79. The van der Waals surface area contributed by atoms with Crippen LogP contribution in [0.4, 0.5) is 20.6 Å². The average molecular weight is 460 g/mol. The first-order valence-corrected chi connectivity index (χ1v) is 11.1. The topological polar surface area (TPSA) is 53.1 Å². The van der Waals surface area contributed by atoms with Crippen LogP contribution in [-0.4, -0.2) is 47.8 Å². The van der Waals surface area contributed by atoms with Crippen molar-refractivity contribution in [1.82, 2.24) is 4.90 Å². The Morgan fingerprint density at radius 3 is 2.34 bits per heavy atom. The number of hydrogen-bond acceptors (Lipinski definition) is 4. The molecule has 0 unspecified atom stereocenters. The summed E-state index contributed by atoms with van der Waals surface area (Å²) in [6.45, 7) is 6.45. The molecule has 2 amide bonds. The summed E-state index contributed by atoms with van der Waals surface area (Å²) in [5, 5.41) is 0.276. The number of carbonyl (C=O) groups excluding carboxylic acids is 2. The molecule has 0 radical (unpaired) electrons. The van der Waals surface area contributed by atoms with Crippen LogP contribution >= 0.6 is 11.6 Å². The molecular formula is C24H27ClFN3O3. The van der Waals surface area contributed by atoms with Gasteiger partial charge < -0.3 is 14.5 Å². The van der Waals surface area contributed by atoms with Crippen molar-refractivity contribution in [3.05, 3.63) is 59.4 Å². The fourth-order valence-electron chi connectivity index (χ4n) is 4.40. The van der Waals surface area contributed by atoms with Crippen LogP contribution in [0.5, 0.6) is 0 Å². The molecule has 2 aliphatic rings. The number of hydrogen-bond donors (Lipinski definition) is 0. The van der Waals surface area contributed by atoms with Gasteiger partial charge in [-0.25, -0.2) is 9.18 Å². The lowest BCUT2D eigenvalue weighted by Crippen LogP contribution is -2.57. The van der Waals surface area contributed by atoms with E-state index in [9.17, 15) is 14.0 Å². The third kappa shape index (κ3) is 4.13. The van der Waals surface area contributed by atoms with Gasteiger partial charge in [-0.1, -0.05) is 29.8 Å². The van der Waals surface area contributed by atoms with Crippen LogP contribution in [0.25, 0.3) is 0 Å². The summed E-state index contributed by atoms with van der Waals surface area (Å²) in [6.07, 6.45) is 0.460. The third-order valence-corrected chi connectivity index (χ3v) is 6.19. The maximum absolute atomic E-state index is 14.7. The van der Waals surface area contributed by atoms with Crippen LogP contribution < -0.4 is 9.80 Å². The zero-order chi connectivity index (χ0) is 23.1. The standard InChI is InChI=1S/C24H27ClFN3O3/c1-23(2,3)32-22(31)27-13-11-24(12-14-27)21(30)28(20-10-9-17(25)15-19(20)26)16-29(24)18-7-5-4-6-8-18/h4-10,15H,11-14,16H2,1-3H3. The number of anilines is 2. The van der Waals surface area contributed by atoms with Gasteiger partial charge in [0.1, 0.15) is 17.0 Å². The number of halogens is 2. The quantitative estimate of drug-likeness (QED) is 0.630. The Balaban J connectivity index is 1.64. The molecule has 2 aliphatic heterocycles. The summed E-state index contributed by atoms with van der Waals surface area (Å²) in [4.78, 5) is 31.4. The summed E-state index contributed by atoms with van der Waals surface area (Å²) in [5.74, 6) is -0.714. The van der Waals surface area contributed by atoms with E-state index in [1.54, 1.807) is 11.0 Å². The van der Waals surface area contributed by atoms with E-state index in [0.717, 1.165) is 5.69 Å². The highest BCUT2D eigenvalue weighted by molar-refractivity contribution is 6.30. The zero-order valence-corrected chi connectivity index (χ0v) is 19.2. The maximum Gasteiger partial charge on any atom is 0.410 e. The van der Waals surface area contributed by atoms with Crippen LogP contribution in [0.3, 0.4) is 0 Å². The largest absolute Gasteiger partial charge is 0.444 e. The van der Waals surface area contributed by atoms with Crippen LogP contribution in [0, 0.1) is 5.82 Å². The Hall–Kier alpha value is -2.80. The summed E-state index contributed by atoms with van der Waals surface area (Å²) in [5.41, 5.74) is -0.379. The zero-order valence-electron chi connectivity index (χ0n) is 18.5. The van der Waals surface area contributed by atoms with Crippen LogP contribution in [0.15, 0.2) is 48.5 Å². The van der Waals surface area contributed by atoms with Crippen LogP contribution in [0.2, 0.25) is 5.02 Å². The van der Waals surface area contributed by atoms with Gasteiger partial charge in [0.15, 0.2) is 0 Å². The Morgan fingerprint density at radius 1 is 1.09 bits per heavy atom. The minimum Gasteiger partial charge on any atom is -0.444 e. The van der Waals surface area contributed by atoms with Crippen molar-refractivity contribution in [2.45, 2.75) is 44.8 Å². The number of piperidine rings is 1. The number of ether oxygens (including phenoxy) is 1. The van der Waals surface area contributed by atoms with Crippen molar-refractivity contribution in [3.8, 4) is 0 Å². The minimum atomic E-state index is -0.869. The summed E-state index contributed by atoms with van der Waals surface area (Å²) >= 11 is 5.92. The Bertz CT molecular complexity index is 1020. The van der Waals surface area contributed by atoms with E-state index in [1.807, 2.05) is 56.0 Å². The molecule has 2 heterocycles. The Labute approximate surface area is 192 Å². The first kappa shape index (κ1) is 22.4. The number of benzene rings is 2. The molecule has 6 nitrogen and oxygen atoms in total. The highest BCUT2D eigenvalue weighted by Gasteiger charge is 2.55. The number of para-hydroxylation sites is 1. The molecule has 2 aromatic rings. The molecular weight excluding hydrogens is 433 g/mol. The van der Waals surface area contributed by atoms with E-state index >= 15 is 0 Å². The van der Waals surface area contributed by atoms with E-state index in [4.69, 9.17) is 16.3 Å². The van der Waals surface area contributed by atoms with Gasteiger partial charge in [-0.3, -0.25) is 9.69 Å². The third-order valence-electron chi connectivity index (χ3n) is 5.95. The van der Waals surface area contributed by atoms with Gasteiger partial charge in [0, 0.05) is 23.8 Å². The number of amides is 2. The second-order valence-corrected chi connectivity index (χ2v) is 9.67. The molecule has 32 heavy (non-hydrogen) atoms. The molecule has 4 rings (SSSR count). The SMILES string of the molecule is CC(C)(C)OC(=O)N1CCC2(CC1)C(=O)N(c1ccc(Cl)cc1F)CN2c1ccccc1. The lowest BCUT2D eigenvalue weighted by Gasteiger charge is -2.43. The van der Waals surface area contributed by atoms with Crippen LogP contribution in [0.1, 0.15) is 33.6 Å². The minimum absolute atomic E-state index is 0.175. The summed E-state index contributed by atoms with van der Waals surface area (Å²) in [6, 6.07) is 13.9. The van der Waals surface area contributed by atoms with E-state index in [-0.39, 0.29) is 29.4 Å². The second-order valence-electron chi connectivity index (χ2n) is 9.23. The fraction of sp³-hybridized carbons (Fsp3) is 0.417. The molecule has 0 bridgehead atoms. The van der Waals surface area contributed by atoms with E-state index in [1.165, 1.54) is 17.0 Å². The van der Waals surface area contributed by atoms with Gasteiger partial charge in [-0.05, 0) is 63.9 Å². The molecule has 170 valence electrons. The summed E-state index contributed by atoms with van der Waals surface area (Å²) < 4.78 is 20.2. The van der Waals surface area contributed by atoms with Crippen molar-refractivity contribution in [3.63, 3.8) is 0 Å². The summed E-state index contributed by atoms with van der Waals surface area (Å²) in [7, 11) is 0. The van der Waals surface area contributed by atoms with Crippen molar-refractivity contribution in [2.75, 3.05) is 29.6 Å². The molecule has 1 spiro atoms. The average Bonchev–Trinajstić information content (AvgIpc) is 3.00. The highest BCUT2D eigenvalue weighted by Crippen LogP contribution is 2.42. The molecule has 0 saturated carbocycles. The van der Waals surface area contributed by atoms with Crippen LogP contribution in [-0.2, 0) is 9.53 Å². The monoisotopic (exact) mass is 459 g/mol. The van der Waals surface area contributed by atoms with Crippen molar-refractivity contribution >= 4 is 35.0 Å². The van der Waals surface area contributed by atoms with Gasteiger partial charge in [-0.15, -0.1) is 0 Å². The second kappa shape index (κ2) is 8.28. The number of rotatable bonds is 2. The molecule has 0 N–H and O–H groups in total. The molecule has 0 aliphatic carbocycles. The molecule has 0 atom stereocenters. The number of likely N-dealkylation sites (tertiary alicyclic amines) is 1. The first-order chi connectivity index (χ1) is 15.1. The van der Waals surface area contributed by atoms with Crippen molar-refractivity contribution < 1.29 is 18.7 Å². The lowest BCUT2D eigenvalue weighted by molar-refractivity contribution is -0.123. The predicted molar refractivity (Wildman–Crippen MR) is 122 cm³/mol. The molecule has 8 heteroatoms. The Morgan fingerprint density at radius 2 is 1.75 bits per heavy atom. The molecule has 0 aromatic heterocycles. The van der Waals surface area contributed by atoms with Crippen molar-refractivity contribution in [2.24, 2.45) is 0 Å².